The molecule has 1 aromatic heterocycles. The van der Waals surface area contributed by atoms with Crippen molar-refractivity contribution >= 4 is 5.91 Å². The Labute approximate surface area is 80.8 Å². The SMILES string of the molecule is O=C(c1c[nH]c(=O)cn1)N1CCCC1. The second kappa shape index (κ2) is 3.61. The molecule has 1 saturated heterocycles. The number of nitrogens with one attached hydrogen (secondary N) is 1. The van der Waals surface area contributed by atoms with E-state index in [1.165, 1.54) is 6.20 Å². The molecule has 74 valence electrons. The quantitative estimate of drug-likeness (QED) is 0.683. The lowest BCUT2D eigenvalue weighted by atomic mass is 10.4. The predicted molar refractivity (Wildman–Crippen MR) is 50.0 cm³/mol. The van der Waals surface area contributed by atoms with Gasteiger partial charge in [0.25, 0.3) is 11.5 Å². The molecule has 0 atom stereocenters. The minimum atomic E-state index is -0.289. The van der Waals surface area contributed by atoms with Crippen LogP contribution in [0.2, 0.25) is 0 Å². The van der Waals surface area contributed by atoms with Gasteiger partial charge >= 0.3 is 0 Å². The van der Waals surface area contributed by atoms with Gasteiger partial charge in [0.05, 0.1) is 6.20 Å². The van der Waals surface area contributed by atoms with Crippen molar-refractivity contribution in [2.45, 2.75) is 12.8 Å². The van der Waals surface area contributed by atoms with E-state index >= 15 is 0 Å². The Morgan fingerprint density at radius 1 is 1.43 bits per heavy atom. The van der Waals surface area contributed by atoms with Gasteiger partial charge in [0.2, 0.25) is 0 Å². The van der Waals surface area contributed by atoms with Gasteiger partial charge in [-0.1, -0.05) is 0 Å². The Balaban J connectivity index is 2.18. The van der Waals surface area contributed by atoms with Crippen LogP contribution in [-0.4, -0.2) is 33.9 Å². The number of nitrogens with zero attached hydrogens (tertiary/aromatic N) is 2. The van der Waals surface area contributed by atoms with Crippen LogP contribution in [0.4, 0.5) is 0 Å². The van der Waals surface area contributed by atoms with Crippen LogP contribution in [0.25, 0.3) is 0 Å². The Hall–Kier alpha value is -1.65. The van der Waals surface area contributed by atoms with E-state index in [-0.39, 0.29) is 11.5 Å². The van der Waals surface area contributed by atoms with Crippen LogP contribution in [0.5, 0.6) is 0 Å². The summed E-state index contributed by atoms with van der Waals surface area (Å²) in [6.45, 7) is 1.58. The summed E-state index contributed by atoms with van der Waals surface area (Å²) in [6.07, 6.45) is 4.59. The van der Waals surface area contributed by atoms with E-state index in [2.05, 4.69) is 9.97 Å². The van der Waals surface area contributed by atoms with Crippen LogP contribution < -0.4 is 5.56 Å². The third-order valence-corrected chi connectivity index (χ3v) is 2.28. The zero-order chi connectivity index (χ0) is 9.97. The smallest absolute Gasteiger partial charge is 0.273 e. The molecule has 1 aromatic rings. The maximum atomic E-state index is 11.7. The van der Waals surface area contributed by atoms with E-state index in [0.29, 0.717) is 5.69 Å². The Morgan fingerprint density at radius 2 is 2.14 bits per heavy atom. The number of hydrogen-bond donors (Lipinski definition) is 1. The lowest BCUT2D eigenvalue weighted by molar-refractivity contribution is 0.0786. The summed E-state index contributed by atoms with van der Waals surface area (Å²) in [5, 5.41) is 0. The number of hydrogen-bond acceptors (Lipinski definition) is 3. The normalized spacial score (nSPS) is 15.9. The number of aromatic amines is 1. The van der Waals surface area contributed by atoms with Gasteiger partial charge in [-0.25, -0.2) is 4.98 Å². The first-order chi connectivity index (χ1) is 6.77. The van der Waals surface area contributed by atoms with Crippen molar-refractivity contribution < 1.29 is 4.79 Å². The van der Waals surface area contributed by atoms with Gasteiger partial charge in [0.15, 0.2) is 0 Å². The molecular formula is C9H11N3O2. The first kappa shape index (κ1) is 8.93. The second-order valence-electron chi connectivity index (χ2n) is 3.30. The first-order valence-electron chi connectivity index (χ1n) is 4.61. The zero-order valence-electron chi connectivity index (χ0n) is 7.69. The number of carbonyl (C=O) groups is 1. The summed E-state index contributed by atoms with van der Waals surface area (Å²) in [7, 11) is 0. The molecule has 1 aliphatic rings. The van der Waals surface area contributed by atoms with Crippen LogP contribution >= 0.6 is 0 Å². The van der Waals surface area contributed by atoms with Gasteiger partial charge in [0, 0.05) is 19.3 Å². The average Bonchev–Trinajstić information content (AvgIpc) is 2.71. The third kappa shape index (κ3) is 1.66. The highest BCUT2D eigenvalue weighted by molar-refractivity contribution is 5.92. The van der Waals surface area contributed by atoms with Crippen molar-refractivity contribution in [3.05, 3.63) is 28.4 Å². The van der Waals surface area contributed by atoms with Crippen molar-refractivity contribution in [1.82, 2.24) is 14.9 Å². The second-order valence-corrected chi connectivity index (χ2v) is 3.30. The molecule has 0 radical (unpaired) electrons. The van der Waals surface area contributed by atoms with Crippen molar-refractivity contribution in [2.24, 2.45) is 0 Å². The standard InChI is InChI=1S/C9H11N3O2/c13-8-6-10-7(5-11-8)9(14)12-3-1-2-4-12/h5-6H,1-4H2,(H,11,13). The summed E-state index contributed by atoms with van der Waals surface area (Å²) in [4.78, 5) is 30.4. The van der Waals surface area contributed by atoms with E-state index in [4.69, 9.17) is 0 Å². The molecule has 14 heavy (non-hydrogen) atoms. The molecule has 2 rings (SSSR count). The average molecular weight is 193 g/mol. The van der Waals surface area contributed by atoms with Crippen molar-refractivity contribution in [3.8, 4) is 0 Å². The molecule has 5 nitrogen and oxygen atoms in total. The fraction of sp³-hybridized carbons (Fsp3) is 0.444. The molecule has 5 heteroatoms. The third-order valence-electron chi connectivity index (χ3n) is 2.28. The number of amides is 1. The minimum absolute atomic E-state index is 0.0984. The number of H-pyrrole nitrogens is 1. The van der Waals surface area contributed by atoms with Crippen molar-refractivity contribution in [3.63, 3.8) is 0 Å². The summed E-state index contributed by atoms with van der Waals surface area (Å²) in [6, 6.07) is 0. The molecule has 0 saturated carbocycles. The van der Waals surface area contributed by atoms with Crippen LogP contribution in [0.1, 0.15) is 23.3 Å². The predicted octanol–water partition coefficient (Wildman–Crippen LogP) is 0.00590. The molecule has 0 aromatic carbocycles. The molecular weight excluding hydrogens is 182 g/mol. The van der Waals surface area contributed by atoms with E-state index in [9.17, 15) is 9.59 Å². The fourth-order valence-corrected chi connectivity index (χ4v) is 1.54. The summed E-state index contributed by atoms with van der Waals surface area (Å²) >= 11 is 0. The van der Waals surface area contributed by atoms with E-state index < -0.39 is 0 Å². The van der Waals surface area contributed by atoms with E-state index in [1.807, 2.05) is 0 Å². The lowest BCUT2D eigenvalue weighted by Crippen LogP contribution is -2.29. The molecule has 1 aliphatic heterocycles. The molecule has 0 spiro atoms. The van der Waals surface area contributed by atoms with Gasteiger partial charge in [-0.05, 0) is 12.8 Å². The van der Waals surface area contributed by atoms with Gasteiger partial charge < -0.3 is 9.88 Å². The summed E-state index contributed by atoms with van der Waals surface area (Å²) < 4.78 is 0. The van der Waals surface area contributed by atoms with Gasteiger partial charge in [0.1, 0.15) is 5.69 Å². The van der Waals surface area contributed by atoms with Crippen LogP contribution in [0, 0.1) is 0 Å². The van der Waals surface area contributed by atoms with Crippen LogP contribution in [0.3, 0.4) is 0 Å². The Morgan fingerprint density at radius 3 is 2.71 bits per heavy atom. The topological polar surface area (TPSA) is 66.1 Å². The fourth-order valence-electron chi connectivity index (χ4n) is 1.54. The van der Waals surface area contributed by atoms with Crippen LogP contribution in [-0.2, 0) is 0 Å². The Kier molecular flexibility index (Phi) is 2.30. The van der Waals surface area contributed by atoms with Crippen molar-refractivity contribution in [2.75, 3.05) is 13.1 Å². The number of likely N-dealkylation sites (tertiary alicyclic amines) is 1. The van der Waals surface area contributed by atoms with Gasteiger partial charge in [-0.3, -0.25) is 9.59 Å². The number of rotatable bonds is 1. The zero-order valence-corrected chi connectivity index (χ0v) is 7.69. The minimum Gasteiger partial charge on any atom is -0.337 e. The maximum Gasteiger partial charge on any atom is 0.273 e. The molecule has 1 N–H and O–H groups in total. The largest absolute Gasteiger partial charge is 0.337 e. The molecule has 0 aliphatic carbocycles. The molecule has 0 unspecified atom stereocenters. The monoisotopic (exact) mass is 193 g/mol. The highest BCUT2D eigenvalue weighted by Gasteiger charge is 2.20. The molecule has 2 heterocycles. The van der Waals surface area contributed by atoms with Crippen molar-refractivity contribution in [1.29, 1.82) is 0 Å². The summed E-state index contributed by atoms with van der Waals surface area (Å²) in [5.74, 6) is -0.0984. The summed E-state index contributed by atoms with van der Waals surface area (Å²) in [5.41, 5.74) is 0.0227. The molecule has 1 amide bonds. The molecule has 1 fully saturated rings. The number of carbonyl (C=O) groups excluding carboxylic acids is 1. The van der Waals surface area contributed by atoms with Crippen LogP contribution in [0.15, 0.2) is 17.2 Å². The molecule has 0 bridgehead atoms. The number of aromatic nitrogens is 2. The maximum absolute atomic E-state index is 11.7. The lowest BCUT2D eigenvalue weighted by Gasteiger charge is -2.13. The van der Waals surface area contributed by atoms with Gasteiger partial charge in [-0.2, -0.15) is 0 Å². The first-order valence-corrected chi connectivity index (χ1v) is 4.61. The highest BCUT2D eigenvalue weighted by atomic mass is 16.2. The van der Waals surface area contributed by atoms with Gasteiger partial charge in [-0.15, -0.1) is 0 Å². The van der Waals surface area contributed by atoms with E-state index in [0.717, 1.165) is 32.1 Å². The highest BCUT2D eigenvalue weighted by Crippen LogP contribution is 2.10. The van der Waals surface area contributed by atoms with E-state index in [1.54, 1.807) is 4.90 Å². The Bertz CT molecular complexity index is 373.